The summed E-state index contributed by atoms with van der Waals surface area (Å²) >= 11 is 9.34. The lowest BCUT2D eigenvalue weighted by Gasteiger charge is -2.05. The van der Waals surface area contributed by atoms with E-state index in [1.54, 1.807) is 18.2 Å². The SMILES string of the molecule is O=C(c1ccc(Br)c(Cl)c1)c1ccc2c(c1)COC2. The fraction of sp³-hybridized carbons (Fsp3) is 0.133. The van der Waals surface area contributed by atoms with Gasteiger partial charge in [-0.25, -0.2) is 0 Å². The van der Waals surface area contributed by atoms with Crippen LogP contribution >= 0.6 is 27.5 Å². The molecule has 2 nitrogen and oxygen atoms in total. The molecular weight excluding hydrogens is 328 g/mol. The third-order valence-corrected chi connectivity index (χ3v) is 4.40. The first-order chi connectivity index (χ1) is 9.15. The average Bonchev–Trinajstić information content (AvgIpc) is 2.88. The van der Waals surface area contributed by atoms with Crippen molar-refractivity contribution in [3.05, 3.63) is 68.1 Å². The molecule has 2 aromatic carbocycles. The smallest absolute Gasteiger partial charge is 0.193 e. The fourth-order valence-electron chi connectivity index (χ4n) is 2.12. The van der Waals surface area contributed by atoms with Gasteiger partial charge >= 0.3 is 0 Å². The fourth-order valence-corrected chi connectivity index (χ4v) is 2.54. The molecule has 0 fully saturated rings. The van der Waals surface area contributed by atoms with Crippen LogP contribution in [-0.4, -0.2) is 5.78 Å². The maximum atomic E-state index is 12.4. The lowest BCUT2D eigenvalue weighted by atomic mass is 9.99. The van der Waals surface area contributed by atoms with Gasteiger partial charge < -0.3 is 4.74 Å². The molecule has 96 valence electrons. The van der Waals surface area contributed by atoms with Crippen molar-refractivity contribution in [2.75, 3.05) is 0 Å². The Balaban J connectivity index is 1.97. The summed E-state index contributed by atoms with van der Waals surface area (Å²) in [6, 6.07) is 10.9. The lowest BCUT2D eigenvalue weighted by Crippen LogP contribution is -2.02. The first-order valence-electron chi connectivity index (χ1n) is 5.84. The van der Waals surface area contributed by atoms with E-state index in [9.17, 15) is 4.79 Å². The average molecular weight is 338 g/mol. The third-order valence-electron chi connectivity index (χ3n) is 3.17. The number of ketones is 1. The van der Waals surface area contributed by atoms with Gasteiger partial charge in [0.15, 0.2) is 5.78 Å². The molecule has 0 spiro atoms. The molecule has 4 heteroatoms. The Morgan fingerprint density at radius 1 is 1.05 bits per heavy atom. The molecule has 3 rings (SSSR count). The van der Waals surface area contributed by atoms with E-state index in [0.29, 0.717) is 29.4 Å². The first kappa shape index (κ1) is 12.9. The number of carbonyl (C=O) groups excluding carboxylic acids is 1. The van der Waals surface area contributed by atoms with Gasteiger partial charge in [0.2, 0.25) is 0 Å². The molecule has 1 heterocycles. The maximum Gasteiger partial charge on any atom is 0.193 e. The van der Waals surface area contributed by atoms with E-state index >= 15 is 0 Å². The summed E-state index contributed by atoms with van der Waals surface area (Å²) in [6.45, 7) is 1.21. The van der Waals surface area contributed by atoms with Gasteiger partial charge in [-0.2, -0.15) is 0 Å². The Bertz CT molecular complexity index is 667. The van der Waals surface area contributed by atoms with Gasteiger partial charge in [-0.05, 0) is 51.3 Å². The monoisotopic (exact) mass is 336 g/mol. The molecule has 0 aliphatic carbocycles. The highest BCUT2D eigenvalue weighted by atomic mass is 79.9. The minimum atomic E-state index is -0.0240. The Hall–Kier alpha value is -1.16. The van der Waals surface area contributed by atoms with Crippen molar-refractivity contribution in [3.8, 4) is 0 Å². The molecule has 1 aliphatic rings. The molecule has 0 N–H and O–H groups in total. The first-order valence-corrected chi connectivity index (χ1v) is 7.01. The second kappa shape index (κ2) is 5.08. The van der Waals surface area contributed by atoms with Crippen LogP contribution in [0.25, 0.3) is 0 Å². The summed E-state index contributed by atoms with van der Waals surface area (Å²) in [5, 5.41) is 0.537. The van der Waals surface area contributed by atoms with E-state index in [-0.39, 0.29) is 5.78 Å². The van der Waals surface area contributed by atoms with Gasteiger partial charge in [0.05, 0.1) is 18.2 Å². The van der Waals surface area contributed by atoms with Crippen LogP contribution in [0.1, 0.15) is 27.0 Å². The normalized spacial score (nSPS) is 13.4. The van der Waals surface area contributed by atoms with E-state index in [1.807, 2.05) is 18.2 Å². The van der Waals surface area contributed by atoms with E-state index in [2.05, 4.69) is 15.9 Å². The van der Waals surface area contributed by atoms with Gasteiger partial charge in [-0.15, -0.1) is 0 Å². The largest absolute Gasteiger partial charge is 0.372 e. The highest BCUT2D eigenvalue weighted by molar-refractivity contribution is 9.10. The Morgan fingerprint density at radius 3 is 2.53 bits per heavy atom. The number of rotatable bonds is 2. The van der Waals surface area contributed by atoms with Gasteiger partial charge in [-0.3, -0.25) is 4.79 Å². The van der Waals surface area contributed by atoms with Gasteiger partial charge in [-0.1, -0.05) is 23.7 Å². The minimum Gasteiger partial charge on any atom is -0.372 e. The Labute approximate surface area is 124 Å². The van der Waals surface area contributed by atoms with Crippen molar-refractivity contribution >= 4 is 33.3 Å². The van der Waals surface area contributed by atoms with Crippen LogP contribution in [0, 0.1) is 0 Å². The number of fused-ring (bicyclic) bond motifs is 1. The number of carbonyl (C=O) groups is 1. The summed E-state index contributed by atoms with van der Waals surface area (Å²) in [5.74, 6) is -0.0240. The van der Waals surface area contributed by atoms with E-state index in [1.165, 1.54) is 0 Å². The molecular formula is C15H10BrClO2. The van der Waals surface area contributed by atoms with Crippen LogP contribution in [-0.2, 0) is 18.0 Å². The van der Waals surface area contributed by atoms with Crippen molar-refractivity contribution in [1.29, 1.82) is 0 Å². The van der Waals surface area contributed by atoms with Crippen molar-refractivity contribution in [1.82, 2.24) is 0 Å². The van der Waals surface area contributed by atoms with E-state index < -0.39 is 0 Å². The summed E-state index contributed by atoms with van der Waals surface area (Å²) in [4.78, 5) is 12.4. The second-order valence-corrected chi connectivity index (χ2v) is 5.70. The predicted molar refractivity (Wildman–Crippen MR) is 77.5 cm³/mol. The van der Waals surface area contributed by atoms with Crippen molar-refractivity contribution in [2.24, 2.45) is 0 Å². The maximum absolute atomic E-state index is 12.4. The number of benzene rings is 2. The molecule has 0 amide bonds. The highest BCUT2D eigenvalue weighted by Gasteiger charge is 2.16. The highest BCUT2D eigenvalue weighted by Crippen LogP contribution is 2.26. The van der Waals surface area contributed by atoms with E-state index in [0.717, 1.165) is 15.6 Å². The third kappa shape index (κ3) is 2.46. The second-order valence-electron chi connectivity index (χ2n) is 4.43. The van der Waals surface area contributed by atoms with Crippen LogP contribution in [0.3, 0.4) is 0 Å². The molecule has 19 heavy (non-hydrogen) atoms. The quantitative estimate of drug-likeness (QED) is 0.761. The molecule has 0 radical (unpaired) electrons. The number of ether oxygens (including phenoxy) is 1. The van der Waals surface area contributed by atoms with Crippen molar-refractivity contribution in [2.45, 2.75) is 13.2 Å². The van der Waals surface area contributed by atoms with Gasteiger partial charge in [0.1, 0.15) is 0 Å². The minimum absolute atomic E-state index is 0.0240. The molecule has 0 aromatic heterocycles. The Morgan fingerprint density at radius 2 is 1.74 bits per heavy atom. The number of hydrogen-bond donors (Lipinski definition) is 0. The Kier molecular flexibility index (Phi) is 3.44. The zero-order chi connectivity index (χ0) is 13.4. The molecule has 0 unspecified atom stereocenters. The zero-order valence-corrected chi connectivity index (χ0v) is 12.3. The van der Waals surface area contributed by atoms with Crippen LogP contribution < -0.4 is 0 Å². The van der Waals surface area contributed by atoms with Crippen molar-refractivity contribution in [3.63, 3.8) is 0 Å². The topological polar surface area (TPSA) is 26.3 Å². The van der Waals surface area contributed by atoms with Gasteiger partial charge in [0, 0.05) is 15.6 Å². The molecule has 0 saturated heterocycles. The molecule has 2 aromatic rings. The summed E-state index contributed by atoms with van der Waals surface area (Å²) < 4.78 is 6.14. The van der Waals surface area contributed by atoms with E-state index in [4.69, 9.17) is 16.3 Å². The van der Waals surface area contributed by atoms with Crippen LogP contribution in [0.5, 0.6) is 0 Å². The summed E-state index contributed by atoms with van der Waals surface area (Å²) in [7, 11) is 0. The van der Waals surface area contributed by atoms with Crippen LogP contribution in [0.2, 0.25) is 5.02 Å². The number of halogens is 2. The predicted octanol–water partition coefficient (Wildman–Crippen LogP) is 4.36. The molecule has 0 bridgehead atoms. The van der Waals surface area contributed by atoms with Crippen molar-refractivity contribution < 1.29 is 9.53 Å². The standard InChI is InChI=1S/C15H10BrClO2/c16-13-4-3-10(6-14(13)17)15(18)9-1-2-11-7-19-8-12(11)5-9/h1-6H,7-8H2. The summed E-state index contributed by atoms with van der Waals surface area (Å²) in [6.07, 6.45) is 0. The van der Waals surface area contributed by atoms with Crippen LogP contribution in [0.15, 0.2) is 40.9 Å². The molecule has 0 saturated carbocycles. The van der Waals surface area contributed by atoms with Gasteiger partial charge in [0.25, 0.3) is 0 Å². The molecule has 1 aliphatic heterocycles. The lowest BCUT2D eigenvalue weighted by molar-refractivity contribution is 0.103. The number of hydrogen-bond acceptors (Lipinski definition) is 2. The zero-order valence-electron chi connectivity index (χ0n) is 9.95. The summed E-state index contributed by atoms with van der Waals surface area (Å²) in [5.41, 5.74) is 3.51. The van der Waals surface area contributed by atoms with Crippen LogP contribution in [0.4, 0.5) is 0 Å². The molecule has 0 atom stereocenters.